The van der Waals surface area contributed by atoms with Crippen LogP contribution in [0.1, 0.15) is 19.3 Å². The van der Waals surface area contributed by atoms with Gasteiger partial charge in [-0.05, 0) is 25.0 Å². The molecule has 0 saturated carbocycles. The van der Waals surface area contributed by atoms with Gasteiger partial charge in [0.2, 0.25) is 10.0 Å². The Balaban J connectivity index is 1.38. The van der Waals surface area contributed by atoms with E-state index in [1.54, 1.807) is 11.5 Å². The van der Waals surface area contributed by atoms with Crippen molar-refractivity contribution in [1.82, 2.24) is 14.7 Å². The zero-order valence-corrected chi connectivity index (χ0v) is 21.0. The highest BCUT2D eigenvalue weighted by atomic mass is 35.5. The molecular formula is C22H31ClN4O7S. The molecule has 4 rings (SSSR count). The van der Waals surface area contributed by atoms with E-state index in [0.29, 0.717) is 37.7 Å². The number of halogens is 1. The SMILES string of the molecule is O=C(O[C@H]1CCOC1)N1CCC(CS(=O)(=O)N2CCN(c3ccccc3Cl)CC2)(C(=O)NO)CC1. The van der Waals surface area contributed by atoms with Gasteiger partial charge in [-0.1, -0.05) is 23.7 Å². The number of sulfonamides is 1. The van der Waals surface area contributed by atoms with Gasteiger partial charge in [-0.2, -0.15) is 4.31 Å². The summed E-state index contributed by atoms with van der Waals surface area (Å²) in [6.45, 7) is 2.64. The maximum Gasteiger partial charge on any atom is 0.410 e. The summed E-state index contributed by atoms with van der Waals surface area (Å²) >= 11 is 6.28. The summed E-state index contributed by atoms with van der Waals surface area (Å²) in [5.74, 6) is -1.20. The Hall–Kier alpha value is -2.12. The molecule has 0 unspecified atom stereocenters. The van der Waals surface area contributed by atoms with Crippen molar-refractivity contribution < 1.29 is 32.7 Å². The number of hydrogen-bond acceptors (Lipinski definition) is 8. The number of anilines is 1. The molecule has 1 aromatic carbocycles. The van der Waals surface area contributed by atoms with Crippen molar-refractivity contribution in [2.24, 2.45) is 5.41 Å². The molecule has 11 nitrogen and oxygen atoms in total. The average molecular weight is 531 g/mol. The van der Waals surface area contributed by atoms with Crippen LogP contribution in [0.25, 0.3) is 0 Å². The second-order valence-electron chi connectivity index (χ2n) is 9.17. The van der Waals surface area contributed by atoms with Crippen molar-refractivity contribution >= 4 is 39.3 Å². The van der Waals surface area contributed by atoms with Crippen molar-refractivity contribution in [3.05, 3.63) is 29.3 Å². The zero-order valence-electron chi connectivity index (χ0n) is 19.4. The number of nitrogens with one attached hydrogen (secondary N) is 1. The topological polar surface area (TPSA) is 129 Å². The minimum atomic E-state index is -3.82. The van der Waals surface area contributed by atoms with Crippen molar-refractivity contribution in [3.8, 4) is 0 Å². The summed E-state index contributed by atoms with van der Waals surface area (Å²) in [6.07, 6.45) is 0.0262. The first-order valence-electron chi connectivity index (χ1n) is 11.7. The maximum absolute atomic E-state index is 13.3. The van der Waals surface area contributed by atoms with Crippen LogP contribution in [0.5, 0.6) is 0 Å². The minimum Gasteiger partial charge on any atom is -0.444 e. The lowest BCUT2D eigenvalue weighted by Crippen LogP contribution is -2.56. The summed E-state index contributed by atoms with van der Waals surface area (Å²) in [7, 11) is -3.82. The van der Waals surface area contributed by atoms with Crippen LogP contribution in [-0.4, -0.2) is 99.2 Å². The van der Waals surface area contributed by atoms with E-state index in [4.69, 9.17) is 21.1 Å². The molecule has 2 amide bonds. The monoisotopic (exact) mass is 530 g/mol. The van der Waals surface area contributed by atoms with Gasteiger partial charge < -0.3 is 19.3 Å². The van der Waals surface area contributed by atoms with Gasteiger partial charge in [-0.3, -0.25) is 10.0 Å². The van der Waals surface area contributed by atoms with E-state index in [1.165, 1.54) is 9.21 Å². The van der Waals surface area contributed by atoms with Crippen LogP contribution < -0.4 is 10.4 Å². The number of rotatable bonds is 6. The molecule has 3 fully saturated rings. The van der Waals surface area contributed by atoms with Crippen molar-refractivity contribution in [3.63, 3.8) is 0 Å². The number of nitrogens with zero attached hydrogens (tertiary/aromatic N) is 3. The van der Waals surface area contributed by atoms with Crippen LogP contribution >= 0.6 is 11.6 Å². The van der Waals surface area contributed by atoms with E-state index >= 15 is 0 Å². The highest BCUT2D eigenvalue weighted by molar-refractivity contribution is 7.89. The molecule has 1 aromatic rings. The first-order valence-corrected chi connectivity index (χ1v) is 13.7. The molecule has 3 aliphatic rings. The van der Waals surface area contributed by atoms with Gasteiger partial charge in [-0.15, -0.1) is 0 Å². The summed E-state index contributed by atoms with van der Waals surface area (Å²) in [5, 5.41) is 9.97. The van der Waals surface area contributed by atoms with Crippen molar-refractivity contribution in [2.75, 3.05) is 63.1 Å². The fourth-order valence-electron chi connectivity index (χ4n) is 4.85. The molecule has 194 valence electrons. The molecule has 0 radical (unpaired) electrons. The number of piperazine rings is 1. The first-order chi connectivity index (χ1) is 16.7. The van der Waals surface area contributed by atoms with E-state index in [0.717, 1.165) is 5.69 Å². The first kappa shape index (κ1) is 26.0. The van der Waals surface area contributed by atoms with Crippen LogP contribution in [0.2, 0.25) is 5.02 Å². The molecule has 0 spiro atoms. The third-order valence-electron chi connectivity index (χ3n) is 7.00. The summed E-state index contributed by atoms with van der Waals surface area (Å²) in [5.41, 5.74) is 1.15. The van der Waals surface area contributed by atoms with E-state index < -0.39 is 33.2 Å². The predicted molar refractivity (Wildman–Crippen MR) is 128 cm³/mol. The van der Waals surface area contributed by atoms with Crippen LogP contribution in [0.3, 0.4) is 0 Å². The number of benzene rings is 1. The third-order valence-corrected chi connectivity index (χ3v) is 9.39. The third kappa shape index (κ3) is 5.83. The molecule has 13 heteroatoms. The van der Waals surface area contributed by atoms with Gasteiger partial charge in [0.1, 0.15) is 6.10 Å². The number of carbonyl (C=O) groups is 2. The Kier molecular flexibility index (Phi) is 8.06. The number of hydrogen-bond donors (Lipinski definition) is 2. The molecule has 0 bridgehead atoms. The standard InChI is InChI=1S/C22H31ClN4O7S/c23-18-3-1-2-4-19(18)25-10-12-27(13-11-25)35(31,32)16-22(20(28)24-30)6-8-26(9-7-22)21(29)34-17-5-14-33-15-17/h1-4,17,30H,5-16H2,(H,24,28)/t17-/m0/s1. The van der Waals surface area contributed by atoms with Gasteiger partial charge in [0.15, 0.2) is 0 Å². The van der Waals surface area contributed by atoms with E-state index in [9.17, 15) is 23.2 Å². The summed E-state index contributed by atoms with van der Waals surface area (Å²) in [6, 6.07) is 7.41. The van der Waals surface area contributed by atoms with Gasteiger partial charge in [0.05, 0.1) is 35.1 Å². The van der Waals surface area contributed by atoms with E-state index in [-0.39, 0.29) is 45.1 Å². The number of piperidine rings is 1. The maximum atomic E-state index is 13.3. The molecular weight excluding hydrogens is 500 g/mol. The predicted octanol–water partition coefficient (Wildman–Crippen LogP) is 1.30. The lowest BCUT2D eigenvalue weighted by Gasteiger charge is -2.41. The van der Waals surface area contributed by atoms with E-state index in [1.807, 2.05) is 23.1 Å². The number of hydroxylamine groups is 1. The average Bonchev–Trinajstić information content (AvgIpc) is 3.37. The molecule has 3 saturated heterocycles. The largest absolute Gasteiger partial charge is 0.444 e. The fraction of sp³-hybridized carbons (Fsp3) is 0.636. The van der Waals surface area contributed by atoms with Gasteiger partial charge >= 0.3 is 6.09 Å². The Labute approximate surface area is 209 Å². The molecule has 3 heterocycles. The molecule has 2 N–H and O–H groups in total. The van der Waals surface area contributed by atoms with Crippen LogP contribution in [0.4, 0.5) is 10.5 Å². The highest BCUT2D eigenvalue weighted by Gasteiger charge is 2.47. The fourth-order valence-corrected chi connectivity index (χ4v) is 7.13. The Morgan fingerprint density at radius 1 is 1.14 bits per heavy atom. The second-order valence-corrected chi connectivity index (χ2v) is 11.5. The second kappa shape index (κ2) is 10.9. The van der Waals surface area contributed by atoms with Gasteiger partial charge in [0, 0.05) is 45.7 Å². The highest BCUT2D eigenvalue weighted by Crippen LogP contribution is 2.35. The zero-order chi connectivity index (χ0) is 25.1. The van der Waals surface area contributed by atoms with Gasteiger partial charge in [-0.25, -0.2) is 18.7 Å². The number of carbonyl (C=O) groups excluding carboxylic acids is 2. The smallest absolute Gasteiger partial charge is 0.410 e. The Bertz CT molecular complexity index is 1020. The molecule has 35 heavy (non-hydrogen) atoms. The van der Waals surface area contributed by atoms with Crippen molar-refractivity contribution in [2.45, 2.75) is 25.4 Å². The molecule has 1 atom stereocenters. The van der Waals surface area contributed by atoms with Gasteiger partial charge in [0.25, 0.3) is 5.91 Å². The Morgan fingerprint density at radius 3 is 2.43 bits per heavy atom. The number of para-hydroxylation sites is 1. The Morgan fingerprint density at radius 2 is 1.83 bits per heavy atom. The quantitative estimate of drug-likeness (QED) is 0.416. The number of amides is 2. The number of likely N-dealkylation sites (tertiary alicyclic amines) is 1. The van der Waals surface area contributed by atoms with Crippen LogP contribution in [0.15, 0.2) is 24.3 Å². The molecule has 0 aromatic heterocycles. The summed E-state index contributed by atoms with van der Waals surface area (Å²) < 4.78 is 38.7. The lowest BCUT2D eigenvalue weighted by atomic mass is 9.79. The molecule has 3 aliphatic heterocycles. The van der Waals surface area contributed by atoms with Crippen molar-refractivity contribution in [1.29, 1.82) is 0 Å². The normalized spacial score (nSPS) is 23.2. The number of ether oxygens (including phenoxy) is 2. The minimum absolute atomic E-state index is 0.0917. The van der Waals surface area contributed by atoms with Crippen LogP contribution in [-0.2, 0) is 24.3 Å². The van der Waals surface area contributed by atoms with Crippen LogP contribution in [0, 0.1) is 5.41 Å². The van der Waals surface area contributed by atoms with E-state index in [2.05, 4.69) is 0 Å². The molecule has 0 aliphatic carbocycles. The summed E-state index contributed by atoms with van der Waals surface area (Å²) in [4.78, 5) is 28.6. The lowest BCUT2D eigenvalue weighted by molar-refractivity contribution is -0.141.